The summed E-state index contributed by atoms with van der Waals surface area (Å²) in [6, 6.07) is 16.5. The number of aliphatic hydroxyl groups excluding tert-OH is 1. The van der Waals surface area contributed by atoms with Crippen molar-refractivity contribution < 1.29 is 33.8 Å². The summed E-state index contributed by atoms with van der Waals surface area (Å²) in [6.45, 7) is 3.66. The number of esters is 1. The smallest absolute Gasteiger partial charge is 0.313 e. The molecule has 242 valence electrons. The Morgan fingerprint density at radius 1 is 0.978 bits per heavy atom. The van der Waals surface area contributed by atoms with Crippen molar-refractivity contribution in [1.29, 1.82) is 0 Å². The van der Waals surface area contributed by atoms with E-state index in [2.05, 4.69) is 0 Å². The molecule has 10 nitrogen and oxygen atoms in total. The number of fused-ring (bicyclic) bond motifs is 2. The maximum Gasteiger partial charge on any atom is 0.313 e. The number of amides is 3. The number of carbonyl (C=O) groups is 4. The van der Waals surface area contributed by atoms with Crippen LogP contribution in [0.5, 0.6) is 0 Å². The van der Waals surface area contributed by atoms with Gasteiger partial charge in [-0.05, 0) is 31.4 Å². The van der Waals surface area contributed by atoms with Crippen LogP contribution in [-0.2, 0) is 35.2 Å². The number of benzene rings is 2. The third kappa shape index (κ3) is 5.43. The molecule has 2 saturated heterocycles. The van der Waals surface area contributed by atoms with Gasteiger partial charge in [-0.15, -0.1) is 0 Å². The molecule has 2 aromatic rings. The van der Waals surface area contributed by atoms with Crippen LogP contribution in [0.3, 0.4) is 0 Å². The maximum absolute atomic E-state index is 14.7. The number of allylic oxidation sites excluding steroid dienone is 1. The van der Waals surface area contributed by atoms with Crippen LogP contribution in [0.15, 0.2) is 85.0 Å². The van der Waals surface area contributed by atoms with Crippen molar-refractivity contribution in [2.45, 2.75) is 69.2 Å². The molecule has 2 aromatic carbocycles. The largest absolute Gasteiger partial charge is 0.455 e. The molecule has 4 aliphatic rings. The predicted octanol–water partition coefficient (Wildman–Crippen LogP) is 3.03. The van der Waals surface area contributed by atoms with Gasteiger partial charge in [0.15, 0.2) is 0 Å². The quantitative estimate of drug-likeness (QED) is 0.400. The van der Waals surface area contributed by atoms with Crippen molar-refractivity contribution >= 4 is 23.7 Å². The lowest BCUT2D eigenvalue weighted by molar-refractivity contribution is -0.164. The summed E-state index contributed by atoms with van der Waals surface area (Å²) in [5.74, 6) is -3.55. The molecule has 5 bridgehead atoms. The predicted molar refractivity (Wildman–Crippen MR) is 169 cm³/mol. The lowest BCUT2D eigenvalue weighted by Crippen LogP contribution is -2.57. The molecule has 2 fully saturated rings. The number of nitrogens with zero attached hydrogens (tertiary/aromatic N) is 3. The van der Waals surface area contributed by atoms with Crippen LogP contribution in [0, 0.1) is 11.8 Å². The number of hydrogen-bond donors (Lipinski definition) is 1. The van der Waals surface area contributed by atoms with E-state index in [1.54, 1.807) is 35.9 Å². The van der Waals surface area contributed by atoms with E-state index in [4.69, 9.17) is 9.47 Å². The van der Waals surface area contributed by atoms with E-state index in [1.165, 1.54) is 4.90 Å². The van der Waals surface area contributed by atoms with Crippen LogP contribution in [0.25, 0.3) is 0 Å². The fourth-order valence-electron chi connectivity index (χ4n) is 7.35. The highest BCUT2D eigenvalue weighted by Crippen LogP contribution is 2.56. The number of ether oxygens (including phenoxy) is 2. The minimum Gasteiger partial charge on any atom is -0.455 e. The third-order valence-corrected chi connectivity index (χ3v) is 9.92. The molecule has 0 radical (unpaired) electrons. The molecule has 0 saturated carbocycles. The summed E-state index contributed by atoms with van der Waals surface area (Å²) in [7, 11) is 1.70. The first-order valence-electron chi connectivity index (χ1n) is 16.0. The molecule has 1 spiro atoms. The Morgan fingerprint density at radius 3 is 2.37 bits per heavy atom. The number of likely N-dealkylation sites (tertiary alicyclic amines) is 1. The van der Waals surface area contributed by atoms with E-state index < -0.39 is 59.6 Å². The van der Waals surface area contributed by atoms with Gasteiger partial charge in [-0.3, -0.25) is 19.2 Å². The highest BCUT2D eigenvalue weighted by molar-refractivity contribution is 5.99. The molecular formula is C36H41N3O7. The Balaban J connectivity index is 1.44. The number of carbonyl (C=O) groups excluding carboxylic acids is 4. The van der Waals surface area contributed by atoms with E-state index in [-0.39, 0.29) is 37.9 Å². The molecule has 6 rings (SSSR count). The zero-order chi connectivity index (χ0) is 32.6. The Hall–Kier alpha value is -4.28. The SMILES string of the molecule is C[C@@H]1[C@@H](c2ccccc2)OC(=O)[C@@H]2[C@@H]3C=C[C@]4(O3)[C@H](C(=O)N(Cc3ccccc3)C/C=C\CCC(=O)N1C)N([C@H](C)CO)C(=O)[C@@H]24. The van der Waals surface area contributed by atoms with E-state index in [1.807, 2.05) is 79.7 Å². The van der Waals surface area contributed by atoms with E-state index >= 15 is 0 Å². The monoisotopic (exact) mass is 627 g/mol. The number of likely N-dealkylation sites (N-methyl/N-ethyl adjacent to an activating group) is 1. The van der Waals surface area contributed by atoms with Gasteiger partial charge < -0.3 is 29.3 Å². The molecule has 8 atom stereocenters. The number of rotatable bonds is 5. The van der Waals surface area contributed by atoms with Gasteiger partial charge in [0.1, 0.15) is 23.7 Å². The molecular weight excluding hydrogens is 586 g/mol. The minimum absolute atomic E-state index is 0.108. The topological polar surface area (TPSA) is 117 Å². The first kappa shape index (κ1) is 31.7. The Bertz CT molecular complexity index is 1530. The van der Waals surface area contributed by atoms with Crippen LogP contribution in [0.1, 0.15) is 43.9 Å². The second-order valence-corrected chi connectivity index (χ2v) is 12.7. The van der Waals surface area contributed by atoms with E-state index in [0.29, 0.717) is 12.0 Å². The zero-order valence-corrected chi connectivity index (χ0v) is 26.4. The Kier molecular flexibility index (Phi) is 8.85. The maximum atomic E-state index is 14.7. The molecule has 3 amide bonds. The summed E-state index contributed by atoms with van der Waals surface area (Å²) in [4.78, 5) is 61.2. The second-order valence-electron chi connectivity index (χ2n) is 12.7. The van der Waals surface area contributed by atoms with Crippen molar-refractivity contribution in [3.05, 3.63) is 96.1 Å². The fourth-order valence-corrected chi connectivity index (χ4v) is 7.35. The number of hydrogen-bond acceptors (Lipinski definition) is 7. The Labute approximate surface area is 269 Å². The zero-order valence-electron chi connectivity index (χ0n) is 26.4. The van der Waals surface area contributed by atoms with Crippen molar-refractivity contribution in [2.24, 2.45) is 11.8 Å². The third-order valence-electron chi connectivity index (χ3n) is 9.92. The summed E-state index contributed by atoms with van der Waals surface area (Å²) in [6.07, 6.45) is 6.37. The van der Waals surface area contributed by atoms with Crippen LogP contribution < -0.4 is 0 Å². The normalized spacial score (nSPS) is 32.9. The number of cyclic esters (lactones) is 1. The average Bonchev–Trinajstić information content (AvgIpc) is 3.72. The summed E-state index contributed by atoms with van der Waals surface area (Å²) in [5, 5.41) is 10.2. The second kappa shape index (κ2) is 12.8. The molecule has 10 heteroatoms. The van der Waals surface area contributed by atoms with Crippen LogP contribution in [0.4, 0.5) is 0 Å². The number of aliphatic hydroxyl groups is 1. The van der Waals surface area contributed by atoms with Gasteiger partial charge in [0.25, 0.3) is 0 Å². The van der Waals surface area contributed by atoms with Gasteiger partial charge in [0, 0.05) is 26.6 Å². The summed E-state index contributed by atoms with van der Waals surface area (Å²) < 4.78 is 12.8. The van der Waals surface area contributed by atoms with Gasteiger partial charge in [0.2, 0.25) is 17.7 Å². The van der Waals surface area contributed by atoms with Gasteiger partial charge in [-0.1, -0.05) is 85.0 Å². The first-order chi connectivity index (χ1) is 22.2. The highest BCUT2D eigenvalue weighted by Gasteiger charge is 2.74. The summed E-state index contributed by atoms with van der Waals surface area (Å²) in [5.41, 5.74) is 0.216. The summed E-state index contributed by atoms with van der Waals surface area (Å²) >= 11 is 0. The average molecular weight is 628 g/mol. The standard InChI is InChI=1S/C36H41N3O7/c1-23(22-40)39-32-34(43)38(21-25-13-7-4-8-14-25)20-12-6-11-17-28(41)37(3)24(2)31(26-15-9-5-10-16-26)45-35(44)29-27-18-19-36(32,46-27)30(29)33(39)42/h4-10,12-16,18-19,23-24,27,29-32,40H,11,17,20-22H2,1-3H3/b12-6-/t23-,24-,27+,29-,30-,31+,32+,36-/m1/s1. The lowest BCUT2D eigenvalue weighted by Gasteiger charge is -2.37. The van der Waals surface area contributed by atoms with Gasteiger partial charge in [-0.2, -0.15) is 0 Å². The van der Waals surface area contributed by atoms with Crippen molar-refractivity contribution in [2.75, 3.05) is 20.2 Å². The van der Waals surface area contributed by atoms with Gasteiger partial charge in [-0.25, -0.2) is 0 Å². The molecule has 4 aliphatic heterocycles. The van der Waals surface area contributed by atoms with Crippen LogP contribution >= 0.6 is 0 Å². The molecule has 0 aromatic heterocycles. The lowest BCUT2D eigenvalue weighted by atomic mass is 9.74. The van der Waals surface area contributed by atoms with Gasteiger partial charge in [0.05, 0.1) is 30.7 Å². The molecule has 46 heavy (non-hydrogen) atoms. The van der Waals surface area contributed by atoms with Crippen LogP contribution in [0.2, 0.25) is 0 Å². The minimum atomic E-state index is -1.40. The Morgan fingerprint density at radius 2 is 1.67 bits per heavy atom. The van der Waals surface area contributed by atoms with Crippen molar-refractivity contribution in [1.82, 2.24) is 14.7 Å². The van der Waals surface area contributed by atoms with E-state index in [0.717, 1.165) is 5.56 Å². The molecule has 0 unspecified atom stereocenters. The fraction of sp³-hybridized carbons (Fsp3) is 0.444. The highest BCUT2D eigenvalue weighted by atomic mass is 16.6. The van der Waals surface area contributed by atoms with Crippen molar-refractivity contribution in [3.8, 4) is 0 Å². The molecule has 1 N–H and O–H groups in total. The van der Waals surface area contributed by atoms with E-state index in [9.17, 15) is 24.3 Å². The van der Waals surface area contributed by atoms with Crippen molar-refractivity contribution in [3.63, 3.8) is 0 Å². The van der Waals surface area contributed by atoms with Gasteiger partial charge >= 0.3 is 5.97 Å². The molecule has 0 aliphatic carbocycles. The molecule has 4 heterocycles. The first-order valence-corrected chi connectivity index (χ1v) is 16.0. The van der Waals surface area contributed by atoms with Crippen LogP contribution in [-0.4, -0.2) is 93.5 Å².